The summed E-state index contributed by atoms with van der Waals surface area (Å²) in [4.78, 5) is 11.4. The monoisotopic (exact) mass is 222 g/mol. The molecule has 0 heterocycles. The third kappa shape index (κ3) is 3.35. The van der Waals surface area contributed by atoms with Gasteiger partial charge < -0.3 is 9.84 Å². The van der Waals surface area contributed by atoms with Crippen LogP contribution >= 0.6 is 0 Å². The molecule has 0 saturated carbocycles. The zero-order valence-electron chi connectivity index (χ0n) is 9.99. The highest BCUT2D eigenvalue weighted by atomic mass is 16.5. The van der Waals surface area contributed by atoms with Gasteiger partial charge in [0, 0.05) is 6.61 Å². The lowest BCUT2D eigenvalue weighted by Gasteiger charge is -2.10. The minimum Gasteiger partial charge on any atom is -0.426 e. The lowest BCUT2D eigenvalue weighted by molar-refractivity contribution is -0.137. The lowest BCUT2D eigenvalue weighted by Crippen LogP contribution is -2.15. The number of ether oxygens (including phenoxy) is 1. The fourth-order valence-corrected chi connectivity index (χ4v) is 1.34. The fraction of sp³-hybridized carbons (Fsp3) is 0.462. The van der Waals surface area contributed by atoms with Crippen LogP contribution in [0.2, 0.25) is 0 Å². The Morgan fingerprint density at radius 2 is 2.12 bits per heavy atom. The van der Waals surface area contributed by atoms with Crippen molar-refractivity contribution in [2.24, 2.45) is 5.92 Å². The Hall–Kier alpha value is -1.35. The van der Waals surface area contributed by atoms with E-state index in [4.69, 9.17) is 9.84 Å². The van der Waals surface area contributed by atoms with Gasteiger partial charge >= 0.3 is 5.97 Å². The average molecular weight is 222 g/mol. The number of benzene rings is 1. The Labute approximate surface area is 96.1 Å². The predicted octanol–water partition coefficient (Wildman–Crippen LogP) is 2.09. The first-order chi connectivity index (χ1) is 7.54. The summed E-state index contributed by atoms with van der Waals surface area (Å²) in [5.41, 5.74) is 1.96. The maximum Gasteiger partial charge on any atom is 0.313 e. The molecule has 0 aliphatic carbocycles. The number of esters is 1. The fourth-order valence-electron chi connectivity index (χ4n) is 1.34. The van der Waals surface area contributed by atoms with Crippen molar-refractivity contribution in [3.63, 3.8) is 0 Å². The highest BCUT2D eigenvalue weighted by Gasteiger charge is 2.11. The van der Waals surface area contributed by atoms with E-state index < -0.39 is 0 Å². The van der Waals surface area contributed by atoms with Crippen LogP contribution in [0.1, 0.15) is 25.0 Å². The third-order valence-corrected chi connectivity index (χ3v) is 2.32. The van der Waals surface area contributed by atoms with Gasteiger partial charge in [0.2, 0.25) is 0 Å². The maximum absolute atomic E-state index is 11.4. The van der Waals surface area contributed by atoms with Crippen LogP contribution in [0.25, 0.3) is 0 Å². The van der Waals surface area contributed by atoms with E-state index in [1.807, 2.05) is 19.1 Å². The molecule has 0 spiro atoms. The Balaban J connectivity index is 2.79. The molecule has 0 bridgehead atoms. The Bertz CT molecular complexity index is 369. The van der Waals surface area contributed by atoms with E-state index in [2.05, 4.69) is 0 Å². The van der Waals surface area contributed by atoms with Crippen LogP contribution in [0.3, 0.4) is 0 Å². The average Bonchev–Trinajstić information content (AvgIpc) is 2.22. The Morgan fingerprint density at radius 1 is 1.44 bits per heavy atom. The number of carbonyl (C=O) groups is 1. The van der Waals surface area contributed by atoms with Gasteiger partial charge in [0.05, 0.1) is 5.92 Å². The smallest absolute Gasteiger partial charge is 0.313 e. The highest BCUT2D eigenvalue weighted by molar-refractivity contribution is 5.74. The number of rotatable bonds is 4. The Morgan fingerprint density at radius 3 is 2.62 bits per heavy atom. The largest absolute Gasteiger partial charge is 0.426 e. The molecule has 0 atom stereocenters. The standard InChI is InChI=1S/C13H18O3/c1-9(2)13(15)16-12-5-4-11(6-7-14)8-10(12)3/h4-5,8-9,14H,6-7H2,1-3H3. The van der Waals surface area contributed by atoms with Crippen molar-refractivity contribution in [3.05, 3.63) is 29.3 Å². The SMILES string of the molecule is Cc1cc(CCO)ccc1OC(=O)C(C)C. The van der Waals surface area contributed by atoms with Crippen LogP contribution in [0.5, 0.6) is 5.75 Å². The van der Waals surface area contributed by atoms with Gasteiger partial charge in [-0.15, -0.1) is 0 Å². The zero-order chi connectivity index (χ0) is 12.1. The molecular formula is C13H18O3. The van der Waals surface area contributed by atoms with E-state index in [1.54, 1.807) is 19.9 Å². The molecule has 0 aliphatic heterocycles. The van der Waals surface area contributed by atoms with Gasteiger partial charge in [0.1, 0.15) is 5.75 Å². The highest BCUT2D eigenvalue weighted by Crippen LogP contribution is 2.20. The minimum atomic E-state index is -0.224. The molecule has 3 heteroatoms. The van der Waals surface area contributed by atoms with Gasteiger partial charge in [-0.05, 0) is 30.5 Å². The lowest BCUT2D eigenvalue weighted by atomic mass is 10.1. The molecule has 1 rings (SSSR count). The minimum absolute atomic E-state index is 0.128. The summed E-state index contributed by atoms with van der Waals surface area (Å²) in [5.74, 6) is 0.245. The van der Waals surface area contributed by atoms with E-state index in [0.29, 0.717) is 12.2 Å². The van der Waals surface area contributed by atoms with Crippen LogP contribution in [0.4, 0.5) is 0 Å². The van der Waals surface area contributed by atoms with Crippen molar-refractivity contribution >= 4 is 5.97 Å². The van der Waals surface area contributed by atoms with Gasteiger partial charge in [-0.3, -0.25) is 4.79 Å². The maximum atomic E-state index is 11.4. The van der Waals surface area contributed by atoms with Gasteiger partial charge in [0.15, 0.2) is 0 Å². The number of carbonyl (C=O) groups excluding carboxylic acids is 1. The van der Waals surface area contributed by atoms with Crippen molar-refractivity contribution in [2.45, 2.75) is 27.2 Å². The van der Waals surface area contributed by atoms with E-state index in [0.717, 1.165) is 11.1 Å². The topological polar surface area (TPSA) is 46.5 Å². The molecule has 0 aromatic heterocycles. The first-order valence-corrected chi connectivity index (χ1v) is 5.46. The predicted molar refractivity (Wildman–Crippen MR) is 62.4 cm³/mol. The first-order valence-electron chi connectivity index (χ1n) is 5.46. The third-order valence-electron chi connectivity index (χ3n) is 2.32. The molecule has 0 unspecified atom stereocenters. The summed E-state index contributed by atoms with van der Waals surface area (Å²) in [6.07, 6.45) is 0.624. The number of hydrogen-bond acceptors (Lipinski definition) is 3. The first kappa shape index (κ1) is 12.7. The summed E-state index contributed by atoms with van der Waals surface area (Å²) >= 11 is 0. The number of aliphatic hydroxyl groups excluding tert-OH is 1. The molecule has 0 radical (unpaired) electrons. The van der Waals surface area contributed by atoms with Crippen molar-refractivity contribution in [3.8, 4) is 5.75 Å². The molecule has 16 heavy (non-hydrogen) atoms. The summed E-state index contributed by atoms with van der Waals surface area (Å²) in [6, 6.07) is 5.58. The van der Waals surface area contributed by atoms with Crippen LogP contribution < -0.4 is 4.74 Å². The Kier molecular flexibility index (Phi) is 4.50. The quantitative estimate of drug-likeness (QED) is 0.626. The van der Waals surface area contributed by atoms with Gasteiger partial charge in [-0.25, -0.2) is 0 Å². The molecule has 1 aromatic carbocycles. The molecule has 0 amide bonds. The second-order valence-corrected chi connectivity index (χ2v) is 4.15. The second kappa shape index (κ2) is 5.66. The molecule has 0 aliphatic rings. The van der Waals surface area contributed by atoms with E-state index in [1.165, 1.54) is 0 Å². The van der Waals surface area contributed by atoms with Gasteiger partial charge in [0.25, 0.3) is 0 Å². The van der Waals surface area contributed by atoms with E-state index in [-0.39, 0.29) is 18.5 Å². The van der Waals surface area contributed by atoms with Crippen molar-refractivity contribution in [1.29, 1.82) is 0 Å². The molecular weight excluding hydrogens is 204 g/mol. The van der Waals surface area contributed by atoms with Crippen molar-refractivity contribution in [1.82, 2.24) is 0 Å². The van der Waals surface area contributed by atoms with Crippen LogP contribution in [-0.2, 0) is 11.2 Å². The molecule has 0 fully saturated rings. The van der Waals surface area contributed by atoms with Crippen molar-refractivity contribution < 1.29 is 14.6 Å². The molecule has 88 valence electrons. The van der Waals surface area contributed by atoms with E-state index in [9.17, 15) is 4.79 Å². The van der Waals surface area contributed by atoms with Crippen LogP contribution in [-0.4, -0.2) is 17.7 Å². The summed E-state index contributed by atoms with van der Waals surface area (Å²) in [6.45, 7) is 5.63. The molecule has 1 N–H and O–H groups in total. The van der Waals surface area contributed by atoms with Gasteiger partial charge in [-0.2, -0.15) is 0 Å². The van der Waals surface area contributed by atoms with Crippen LogP contribution in [0.15, 0.2) is 18.2 Å². The van der Waals surface area contributed by atoms with E-state index >= 15 is 0 Å². The molecule has 3 nitrogen and oxygen atoms in total. The molecule has 0 saturated heterocycles. The summed E-state index contributed by atoms with van der Waals surface area (Å²) in [5, 5.41) is 8.81. The molecule has 1 aromatic rings. The number of aryl methyl sites for hydroxylation is 1. The summed E-state index contributed by atoms with van der Waals surface area (Å²) in [7, 11) is 0. The normalized spacial score (nSPS) is 10.6. The number of hydrogen-bond donors (Lipinski definition) is 1. The van der Waals surface area contributed by atoms with Crippen LogP contribution in [0, 0.1) is 12.8 Å². The number of aliphatic hydroxyl groups is 1. The van der Waals surface area contributed by atoms with Crippen molar-refractivity contribution in [2.75, 3.05) is 6.61 Å². The summed E-state index contributed by atoms with van der Waals surface area (Å²) < 4.78 is 5.24. The van der Waals surface area contributed by atoms with Gasteiger partial charge in [-0.1, -0.05) is 26.0 Å². The second-order valence-electron chi connectivity index (χ2n) is 4.15. The zero-order valence-corrected chi connectivity index (χ0v) is 9.99.